The lowest BCUT2D eigenvalue weighted by Crippen LogP contribution is -2.26. The Morgan fingerprint density at radius 2 is 2.00 bits per heavy atom. The first-order valence-electron chi connectivity index (χ1n) is 6.26. The molecule has 0 bridgehead atoms. The lowest BCUT2D eigenvalue weighted by atomic mass is 10.1. The van der Waals surface area contributed by atoms with E-state index in [1.807, 2.05) is 30.3 Å². The molecule has 2 aromatic rings. The Bertz CT molecular complexity index is 466. The van der Waals surface area contributed by atoms with Crippen molar-refractivity contribution < 1.29 is 4.74 Å². The van der Waals surface area contributed by atoms with Crippen LogP contribution in [-0.4, -0.2) is 13.2 Å². The maximum atomic E-state index is 5.84. The summed E-state index contributed by atoms with van der Waals surface area (Å²) in [7, 11) is 0. The molecule has 0 aliphatic rings. The fourth-order valence-electron chi connectivity index (χ4n) is 1.96. The molecule has 1 aromatic heterocycles. The minimum atomic E-state index is 0.265. The number of thiophene rings is 1. The third-order valence-corrected chi connectivity index (χ3v) is 3.75. The lowest BCUT2D eigenvalue weighted by molar-refractivity contribution is 0.268. The molecule has 0 aliphatic heterocycles. The van der Waals surface area contributed by atoms with Crippen LogP contribution < -0.4 is 10.1 Å². The van der Waals surface area contributed by atoms with Crippen molar-refractivity contribution in [2.75, 3.05) is 13.2 Å². The highest BCUT2D eigenvalue weighted by Crippen LogP contribution is 2.23. The Balaban J connectivity index is 2.01. The van der Waals surface area contributed by atoms with Crippen molar-refractivity contribution >= 4 is 11.3 Å². The summed E-state index contributed by atoms with van der Waals surface area (Å²) in [5.74, 6) is 0.924. The van der Waals surface area contributed by atoms with Crippen molar-refractivity contribution in [3.05, 3.63) is 52.2 Å². The van der Waals surface area contributed by atoms with Gasteiger partial charge in [-0.2, -0.15) is 0 Å². The molecular weight excluding hydrogens is 242 g/mol. The molecule has 1 aromatic carbocycles. The first kappa shape index (κ1) is 13.1. The van der Waals surface area contributed by atoms with E-state index in [1.54, 1.807) is 11.3 Å². The Morgan fingerprint density at radius 1 is 1.22 bits per heavy atom. The van der Waals surface area contributed by atoms with Crippen LogP contribution in [-0.2, 0) is 0 Å². The molecule has 2 nitrogen and oxygen atoms in total. The van der Waals surface area contributed by atoms with Gasteiger partial charge in [-0.1, -0.05) is 25.1 Å². The number of hydrogen-bond donors (Lipinski definition) is 1. The molecule has 0 saturated heterocycles. The predicted octanol–water partition coefficient (Wildman–Crippen LogP) is 3.79. The maximum Gasteiger partial charge on any atom is 0.119 e. The minimum Gasteiger partial charge on any atom is -0.492 e. The van der Waals surface area contributed by atoms with E-state index in [0.717, 1.165) is 12.3 Å². The average molecular weight is 261 g/mol. The van der Waals surface area contributed by atoms with Gasteiger partial charge in [0.1, 0.15) is 12.4 Å². The second-order valence-corrected chi connectivity index (χ2v) is 5.29. The molecule has 1 unspecified atom stereocenters. The van der Waals surface area contributed by atoms with Gasteiger partial charge in [0.25, 0.3) is 0 Å². The normalized spacial score (nSPS) is 12.3. The topological polar surface area (TPSA) is 21.3 Å². The highest BCUT2D eigenvalue weighted by molar-refractivity contribution is 7.10. The number of rotatable bonds is 6. The second-order valence-electron chi connectivity index (χ2n) is 4.17. The van der Waals surface area contributed by atoms with E-state index in [1.165, 1.54) is 10.4 Å². The number of likely N-dealkylation sites (N-methyl/N-ethyl adjacent to an activating group) is 1. The Hall–Kier alpha value is -1.32. The van der Waals surface area contributed by atoms with E-state index in [2.05, 4.69) is 30.6 Å². The SMILES string of the molecule is CCNC(COc1ccccc1)c1ccsc1C. The van der Waals surface area contributed by atoms with Crippen LogP contribution in [0.15, 0.2) is 41.8 Å². The van der Waals surface area contributed by atoms with E-state index in [4.69, 9.17) is 4.74 Å². The van der Waals surface area contributed by atoms with E-state index >= 15 is 0 Å². The van der Waals surface area contributed by atoms with Gasteiger partial charge in [0.2, 0.25) is 0 Å². The van der Waals surface area contributed by atoms with Crippen LogP contribution in [0.25, 0.3) is 0 Å². The fraction of sp³-hybridized carbons (Fsp3) is 0.333. The molecule has 1 atom stereocenters. The fourth-order valence-corrected chi connectivity index (χ4v) is 2.72. The number of benzene rings is 1. The smallest absolute Gasteiger partial charge is 0.119 e. The summed E-state index contributed by atoms with van der Waals surface area (Å²) in [4.78, 5) is 1.36. The summed E-state index contributed by atoms with van der Waals surface area (Å²) >= 11 is 1.78. The molecule has 1 N–H and O–H groups in total. The van der Waals surface area contributed by atoms with Crippen molar-refractivity contribution in [1.29, 1.82) is 0 Å². The van der Waals surface area contributed by atoms with Crippen LogP contribution in [0.3, 0.4) is 0 Å². The van der Waals surface area contributed by atoms with Gasteiger partial charge in [-0.05, 0) is 42.6 Å². The molecule has 0 aliphatic carbocycles. The monoisotopic (exact) mass is 261 g/mol. The number of ether oxygens (including phenoxy) is 1. The Morgan fingerprint density at radius 3 is 2.61 bits per heavy atom. The highest BCUT2D eigenvalue weighted by atomic mass is 32.1. The van der Waals surface area contributed by atoms with Crippen LogP contribution >= 0.6 is 11.3 Å². The van der Waals surface area contributed by atoms with Gasteiger partial charge in [-0.3, -0.25) is 0 Å². The number of aryl methyl sites for hydroxylation is 1. The van der Waals surface area contributed by atoms with Gasteiger partial charge >= 0.3 is 0 Å². The van der Waals surface area contributed by atoms with E-state index in [9.17, 15) is 0 Å². The zero-order valence-corrected chi connectivity index (χ0v) is 11.7. The van der Waals surface area contributed by atoms with Gasteiger partial charge in [-0.25, -0.2) is 0 Å². The van der Waals surface area contributed by atoms with Gasteiger partial charge in [0, 0.05) is 4.88 Å². The van der Waals surface area contributed by atoms with Crippen LogP contribution in [0.4, 0.5) is 0 Å². The highest BCUT2D eigenvalue weighted by Gasteiger charge is 2.14. The van der Waals surface area contributed by atoms with Crippen molar-refractivity contribution in [3.8, 4) is 5.75 Å². The summed E-state index contributed by atoms with van der Waals surface area (Å²) in [5.41, 5.74) is 1.35. The van der Waals surface area contributed by atoms with E-state index in [0.29, 0.717) is 6.61 Å². The molecular formula is C15H19NOS. The van der Waals surface area contributed by atoms with Gasteiger partial charge < -0.3 is 10.1 Å². The largest absolute Gasteiger partial charge is 0.492 e. The first-order valence-corrected chi connectivity index (χ1v) is 7.14. The molecule has 0 radical (unpaired) electrons. The molecule has 0 amide bonds. The molecule has 3 heteroatoms. The van der Waals surface area contributed by atoms with Crippen molar-refractivity contribution in [2.45, 2.75) is 19.9 Å². The van der Waals surface area contributed by atoms with Crippen LogP contribution in [0.1, 0.15) is 23.4 Å². The van der Waals surface area contributed by atoms with Gasteiger partial charge in [0.15, 0.2) is 0 Å². The number of nitrogens with one attached hydrogen (secondary N) is 1. The van der Waals surface area contributed by atoms with Crippen LogP contribution in [0.2, 0.25) is 0 Å². The maximum absolute atomic E-state index is 5.84. The second kappa shape index (κ2) is 6.57. The van der Waals surface area contributed by atoms with E-state index in [-0.39, 0.29) is 6.04 Å². The molecule has 0 saturated carbocycles. The van der Waals surface area contributed by atoms with E-state index < -0.39 is 0 Å². The third-order valence-electron chi connectivity index (χ3n) is 2.88. The zero-order chi connectivity index (χ0) is 12.8. The summed E-state index contributed by atoms with van der Waals surface area (Å²) < 4.78 is 5.84. The van der Waals surface area contributed by atoms with Crippen molar-refractivity contribution in [3.63, 3.8) is 0 Å². The average Bonchev–Trinajstić information content (AvgIpc) is 2.82. The molecule has 0 fully saturated rings. The number of hydrogen-bond acceptors (Lipinski definition) is 3. The molecule has 0 spiro atoms. The summed E-state index contributed by atoms with van der Waals surface area (Å²) in [6.45, 7) is 5.89. The molecule has 18 heavy (non-hydrogen) atoms. The van der Waals surface area contributed by atoms with Gasteiger partial charge in [-0.15, -0.1) is 11.3 Å². The van der Waals surface area contributed by atoms with Gasteiger partial charge in [0.05, 0.1) is 6.04 Å². The lowest BCUT2D eigenvalue weighted by Gasteiger charge is -2.18. The Kier molecular flexibility index (Phi) is 4.79. The van der Waals surface area contributed by atoms with Crippen LogP contribution in [0, 0.1) is 6.92 Å². The zero-order valence-electron chi connectivity index (χ0n) is 10.8. The third kappa shape index (κ3) is 3.34. The molecule has 2 rings (SSSR count). The first-order chi connectivity index (χ1) is 8.81. The summed E-state index contributed by atoms with van der Waals surface area (Å²) in [6, 6.07) is 12.4. The summed E-state index contributed by atoms with van der Waals surface area (Å²) in [5, 5.41) is 5.61. The summed E-state index contributed by atoms with van der Waals surface area (Å²) in [6.07, 6.45) is 0. The molecule has 96 valence electrons. The van der Waals surface area contributed by atoms with Crippen molar-refractivity contribution in [2.24, 2.45) is 0 Å². The number of para-hydroxylation sites is 1. The Labute approximate surface area is 113 Å². The van der Waals surface area contributed by atoms with Crippen molar-refractivity contribution in [1.82, 2.24) is 5.32 Å². The minimum absolute atomic E-state index is 0.265. The quantitative estimate of drug-likeness (QED) is 0.854. The standard InChI is InChI=1S/C15H19NOS/c1-3-16-15(14-9-10-18-12(14)2)11-17-13-7-5-4-6-8-13/h4-10,15-16H,3,11H2,1-2H3. The molecule has 1 heterocycles. The predicted molar refractivity (Wildman–Crippen MR) is 77.4 cm³/mol. The van der Waals surface area contributed by atoms with Crippen LogP contribution in [0.5, 0.6) is 5.75 Å².